The molecule has 0 bridgehead atoms. The van der Waals surface area contributed by atoms with E-state index >= 15 is 0 Å². The van der Waals surface area contributed by atoms with Gasteiger partial charge >= 0.3 is 5.97 Å². The molecule has 1 rings (SSSR count). The molecule has 0 amide bonds. The van der Waals surface area contributed by atoms with Crippen molar-refractivity contribution in [2.24, 2.45) is 0 Å². The average molecular weight is 154 g/mol. The first-order chi connectivity index (χ1) is 5.20. The van der Waals surface area contributed by atoms with E-state index in [2.05, 4.69) is 4.98 Å². The number of Topliss-reactive ketones (excluding diaryl/α,β-unsaturated/α-hetero) is 1. The van der Waals surface area contributed by atoms with Crippen molar-refractivity contribution in [3.63, 3.8) is 0 Å². The maximum absolute atomic E-state index is 10.6. The van der Waals surface area contributed by atoms with Crippen LogP contribution in [0.25, 0.3) is 0 Å². The number of carbonyl (C=O) groups excluding carboxylic acids is 1. The van der Waals surface area contributed by atoms with Crippen LogP contribution < -0.4 is 0 Å². The second-order valence-electron chi connectivity index (χ2n) is 1.96. The van der Waals surface area contributed by atoms with Crippen LogP contribution in [0.2, 0.25) is 0 Å². The van der Waals surface area contributed by atoms with Gasteiger partial charge in [-0.15, -0.1) is 0 Å². The predicted molar refractivity (Wildman–Crippen MR) is 34.9 cm³/mol. The number of ketones is 1. The van der Waals surface area contributed by atoms with Crippen LogP contribution in [0, 0.1) is 0 Å². The van der Waals surface area contributed by atoms with Crippen LogP contribution in [0.4, 0.5) is 0 Å². The Labute approximate surface area is 62.3 Å². The van der Waals surface area contributed by atoms with E-state index in [0.717, 1.165) is 0 Å². The zero-order chi connectivity index (χ0) is 8.27. The highest BCUT2D eigenvalue weighted by Gasteiger charge is 2.10. The van der Waals surface area contributed by atoms with Crippen molar-refractivity contribution in [1.29, 1.82) is 0 Å². The van der Waals surface area contributed by atoms with Crippen LogP contribution in [-0.4, -0.2) is 26.4 Å². The van der Waals surface area contributed by atoms with E-state index in [0.29, 0.717) is 0 Å². The lowest BCUT2D eigenvalue weighted by Crippen LogP contribution is -2.18. The maximum atomic E-state index is 10.6. The van der Waals surface area contributed by atoms with Crippen LogP contribution in [0.15, 0.2) is 18.7 Å². The number of imidazole rings is 1. The minimum atomic E-state index is -1.42. The maximum Gasteiger partial charge on any atom is 0.374 e. The number of carboxylic acid groups (broad SMARTS) is 1. The largest absolute Gasteiger partial charge is 0.475 e. The van der Waals surface area contributed by atoms with Gasteiger partial charge in [0.2, 0.25) is 0 Å². The second-order valence-corrected chi connectivity index (χ2v) is 1.96. The summed E-state index contributed by atoms with van der Waals surface area (Å²) >= 11 is 0. The molecular weight excluding hydrogens is 148 g/mol. The summed E-state index contributed by atoms with van der Waals surface area (Å²) in [7, 11) is 0. The Morgan fingerprint density at radius 1 is 1.55 bits per heavy atom. The summed E-state index contributed by atoms with van der Waals surface area (Å²) < 4.78 is 1.40. The first-order valence-corrected chi connectivity index (χ1v) is 2.92. The molecule has 0 aliphatic heterocycles. The van der Waals surface area contributed by atoms with Crippen LogP contribution in [0.3, 0.4) is 0 Å². The van der Waals surface area contributed by atoms with Gasteiger partial charge in [-0.3, -0.25) is 4.79 Å². The quantitative estimate of drug-likeness (QED) is 0.598. The molecule has 0 spiro atoms. The van der Waals surface area contributed by atoms with E-state index in [1.54, 1.807) is 0 Å². The van der Waals surface area contributed by atoms with Crippen LogP contribution >= 0.6 is 0 Å². The fraction of sp³-hybridized carbons (Fsp3) is 0.167. The SMILES string of the molecule is O=C(O)C(=O)Cn1ccnc1. The Balaban J connectivity index is 2.57. The molecule has 5 nitrogen and oxygen atoms in total. The molecule has 0 radical (unpaired) electrons. The number of rotatable bonds is 3. The fourth-order valence-electron chi connectivity index (χ4n) is 0.614. The van der Waals surface area contributed by atoms with Crippen molar-refractivity contribution in [3.05, 3.63) is 18.7 Å². The summed E-state index contributed by atoms with van der Waals surface area (Å²) in [5, 5.41) is 8.20. The number of hydrogen-bond acceptors (Lipinski definition) is 3. The van der Waals surface area contributed by atoms with Gasteiger partial charge in [0.15, 0.2) is 0 Å². The van der Waals surface area contributed by atoms with E-state index in [4.69, 9.17) is 5.11 Å². The minimum absolute atomic E-state index is 0.157. The van der Waals surface area contributed by atoms with Gasteiger partial charge in [-0.1, -0.05) is 0 Å². The Morgan fingerprint density at radius 3 is 2.73 bits per heavy atom. The third-order valence-corrected chi connectivity index (χ3v) is 1.12. The molecule has 0 unspecified atom stereocenters. The van der Waals surface area contributed by atoms with Crippen molar-refractivity contribution >= 4 is 11.8 Å². The Hall–Kier alpha value is -1.65. The van der Waals surface area contributed by atoms with Crippen molar-refractivity contribution in [2.75, 3.05) is 0 Å². The van der Waals surface area contributed by atoms with Crippen molar-refractivity contribution in [2.45, 2.75) is 6.54 Å². The molecule has 0 atom stereocenters. The molecule has 1 aromatic heterocycles. The van der Waals surface area contributed by atoms with E-state index in [-0.39, 0.29) is 6.54 Å². The molecule has 0 saturated carbocycles. The lowest BCUT2D eigenvalue weighted by molar-refractivity contribution is -0.149. The molecule has 0 aromatic carbocycles. The Kier molecular flexibility index (Phi) is 2.00. The van der Waals surface area contributed by atoms with E-state index < -0.39 is 11.8 Å². The lowest BCUT2D eigenvalue weighted by Gasteiger charge is -1.94. The highest BCUT2D eigenvalue weighted by Crippen LogP contribution is 1.86. The topological polar surface area (TPSA) is 72.2 Å². The average Bonchev–Trinajstić information content (AvgIpc) is 2.39. The van der Waals surface area contributed by atoms with Gasteiger partial charge in [0.1, 0.15) is 0 Å². The first kappa shape index (κ1) is 7.46. The number of nitrogens with zero attached hydrogens (tertiary/aromatic N) is 2. The molecule has 0 aliphatic rings. The molecule has 11 heavy (non-hydrogen) atoms. The molecule has 0 aliphatic carbocycles. The fourth-order valence-corrected chi connectivity index (χ4v) is 0.614. The van der Waals surface area contributed by atoms with Gasteiger partial charge < -0.3 is 9.67 Å². The molecule has 0 saturated heterocycles. The lowest BCUT2D eigenvalue weighted by atomic mass is 10.4. The van der Waals surface area contributed by atoms with E-state index in [1.807, 2.05) is 0 Å². The predicted octanol–water partition coefficient (Wildman–Crippen LogP) is -0.463. The number of hydrogen-bond donors (Lipinski definition) is 1. The Bertz CT molecular complexity index is 265. The molecule has 0 fully saturated rings. The number of aromatic nitrogens is 2. The molecule has 1 N–H and O–H groups in total. The van der Waals surface area contributed by atoms with Crippen LogP contribution in [-0.2, 0) is 16.1 Å². The normalized spacial score (nSPS) is 9.45. The number of aliphatic carboxylic acids is 1. The zero-order valence-electron chi connectivity index (χ0n) is 5.60. The van der Waals surface area contributed by atoms with Gasteiger partial charge in [-0.05, 0) is 0 Å². The highest BCUT2D eigenvalue weighted by molar-refractivity contribution is 6.32. The third kappa shape index (κ3) is 1.89. The third-order valence-electron chi connectivity index (χ3n) is 1.12. The van der Waals surface area contributed by atoms with Gasteiger partial charge in [0.05, 0.1) is 12.9 Å². The van der Waals surface area contributed by atoms with E-state index in [1.165, 1.54) is 23.3 Å². The molecule has 5 heteroatoms. The summed E-state index contributed by atoms with van der Waals surface area (Å²) in [4.78, 5) is 24.3. The summed E-state index contributed by atoms with van der Waals surface area (Å²) in [6.07, 6.45) is 4.40. The number of carbonyl (C=O) groups is 2. The summed E-state index contributed by atoms with van der Waals surface area (Å²) in [6.45, 7) is -0.157. The highest BCUT2D eigenvalue weighted by atomic mass is 16.4. The smallest absolute Gasteiger partial charge is 0.374 e. The zero-order valence-corrected chi connectivity index (χ0v) is 5.60. The summed E-state index contributed by atoms with van der Waals surface area (Å²) in [5.74, 6) is -2.26. The van der Waals surface area contributed by atoms with Gasteiger partial charge in [-0.25, -0.2) is 9.78 Å². The molecule has 1 heterocycles. The van der Waals surface area contributed by atoms with Crippen LogP contribution in [0.5, 0.6) is 0 Å². The summed E-state index contributed by atoms with van der Waals surface area (Å²) in [5.41, 5.74) is 0. The van der Waals surface area contributed by atoms with Crippen molar-refractivity contribution in [1.82, 2.24) is 9.55 Å². The minimum Gasteiger partial charge on any atom is -0.475 e. The first-order valence-electron chi connectivity index (χ1n) is 2.92. The second kappa shape index (κ2) is 2.96. The molecule has 1 aromatic rings. The van der Waals surface area contributed by atoms with Crippen LogP contribution in [0.1, 0.15) is 0 Å². The van der Waals surface area contributed by atoms with Gasteiger partial charge in [0, 0.05) is 12.4 Å². The molecule has 58 valence electrons. The standard InChI is InChI=1S/C6H6N2O3/c9-5(6(10)11)3-8-2-1-7-4-8/h1-2,4H,3H2,(H,10,11). The van der Waals surface area contributed by atoms with E-state index in [9.17, 15) is 9.59 Å². The van der Waals surface area contributed by atoms with Crippen molar-refractivity contribution < 1.29 is 14.7 Å². The summed E-state index contributed by atoms with van der Waals surface area (Å²) in [6, 6.07) is 0. The monoisotopic (exact) mass is 154 g/mol. The molecular formula is C6H6N2O3. The number of carboxylic acids is 1. The van der Waals surface area contributed by atoms with Crippen molar-refractivity contribution in [3.8, 4) is 0 Å². The van der Waals surface area contributed by atoms with Gasteiger partial charge in [0.25, 0.3) is 5.78 Å². The Morgan fingerprint density at radius 2 is 2.27 bits per heavy atom. The van der Waals surface area contributed by atoms with Gasteiger partial charge in [-0.2, -0.15) is 0 Å².